The lowest BCUT2D eigenvalue weighted by Gasteiger charge is -2.33. The predicted molar refractivity (Wildman–Crippen MR) is 93.4 cm³/mol. The van der Waals surface area contributed by atoms with Crippen LogP contribution in [0.2, 0.25) is 5.02 Å². The van der Waals surface area contributed by atoms with Gasteiger partial charge >= 0.3 is 0 Å². The van der Waals surface area contributed by atoms with Gasteiger partial charge in [0.05, 0.1) is 9.77 Å². The first kappa shape index (κ1) is 17.7. The molecule has 1 fully saturated rings. The van der Waals surface area contributed by atoms with Gasteiger partial charge in [0.25, 0.3) is 0 Å². The summed E-state index contributed by atoms with van der Waals surface area (Å²) in [4.78, 5) is 4.50. The molecule has 0 aliphatic carbocycles. The zero-order chi connectivity index (χ0) is 17.8. The van der Waals surface area contributed by atoms with E-state index < -0.39 is 14.6 Å². The van der Waals surface area contributed by atoms with Crippen LogP contribution in [0.1, 0.15) is 46.4 Å². The summed E-state index contributed by atoms with van der Waals surface area (Å²) in [7, 11) is -3.70. The number of benzene rings is 1. The van der Waals surface area contributed by atoms with Crippen LogP contribution in [-0.4, -0.2) is 31.4 Å². The van der Waals surface area contributed by atoms with Gasteiger partial charge in [-0.25, -0.2) is 13.4 Å². The summed E-state index contributed by atoms with van der Waals surface area (Å²) >= 11 is 6.29. The lowest BCUT2D eigenvalue weighted by molar-refractivity contribution is 0.0789. The average Bonchev–Trinajstić information content (AvgIpc) is 2.91. The lowest BCUT2D eigenvalue weighted by Crippen LogP contribution is -2.41. The first-order valence-corrected chi connectivity index (χ1v) is 9.84. The maximum absolute atomic E-state index is 13.4. The molecule has 2 heterocycles. The highest BCUT2D eigenvalue weighted by Gasteiger charge is 2.44. The molecule has 1 aromatic carbocycles. The van der Waals surface area contributed by atoms with E-state index in [9.17, 15) is 8.42 Å². The third-order valence-corrected chi connectivity index (χ3v) is 7.65. The van der Waals surface area contributed by atoms with Gasteiger partial charge in [0.2, 0.25) is 5.89 Å². The van der Waals surface area contributed by atoms with E-state index in [-0.39, 0.29) is 20.9 Å². The number of halogens is 1. The van der Waals surface area contributed by atoms with Gasteiger partial charge in [-0.3, -0.25) is 0 Å². The molecule has 0 bridgehead atoms. The second-order valence-corrected chi connectivity index (χ2v) is 10.4. The van der Waals surface area contributed by atoms with Crippen molar-refractivity contribution in [3.05, 3.63) is 23.0 Å². The van der Waals surface area contributed by atoms with Gasteiger partial charge in [-0.1, -0.05) is 32.4 Å². The van der Waals surface area contributed by atoms with Crippen molar-refractivity contribution in [2.75, 3.05) is 13.2 Å². The Hall–Kier alpha value is -1.11. The van der Waals surface area contributed by atoms with Gasteiger partial charge in [0, 0.05) is 18.6 Å². The third-order valence-electron chi connectivity index (χ3n) is 4.57. The second-order valence-electron chi connectivity index (χ2n) is 7.56. The standard InChI is InChI=1S/C17H22ClNO4S/c1-16(2,3)15-19-12-6-5-11(18)14(13(12)23-15)24(20,21)17(4)7-9-22-10-8-17/h5-6H,7-10H2,1-4H3. The Bertz CT molecular complexity index is 874. The van der Waals surface area contributed by atoms with E-state index in [1.807, 2.05) is 20.8 Å². The fraction of sp³-hybridized carbons (Fsp3) is 0.588. The fourth-order valence-electron chi connectivity index (χ4n) is 2.83. The van der Waals surface area contributed by atoms with E-state index in [1.165, 1.54) is 0 Å². The molecule has 2 aromatic rings. The molecule has 3 rings (SSSR count). The molecule has 1 aliphatic heterocycles. The minimum Gasteiger partial charge on any atom is -0.439 e. The minimum absolute atomic E-state index is 0.0501. The fourth-order valence-corrected chi connectivity index (χ4v) is 5.20. The van der Waals surface area contributed by atoms with Crippen LogP contribution >= 0.6 is 11.6 Å². The average molecular weight is 372 g/mol. The number of aromatic nitrogens is 1. The number of fused-ring (bicyclic) bond motifs is 1. The molecule has 0 atom stereocenters. The Kier molecular flexibility index (Phi) is 4.21. The molecule has 0 amide bonds. The molecular weight excluding hydrogens is 350 g/mol. The van der Waals surface area contributed by atoms with E-state index in [1.54, 1.807) is 19.1 Å². The van der Waals surface area contributed by atoms with Crippen LogP contribution in [0.4, 0.5) is 0 Å². The van der Waals surface area contributed by atoms with Crippen LogP contribution in [0.3, 0.4) is 0 Å². The van der Waals surface area contributed by atoms with Gasteiger partial charge < -0.3 is 9.15 Å². The summed E-state index contributed by atoms with van der Waals surface area (Å²) in [6.07, 6.45) is 0.866. The number of hydrogen-bond donors (Lipinski definition) is 0. The molecule has 1 aliphatic rings. The van der Waals surface area contributed by atoms with Crippen molar-refractivity contribution in [3.63, 3.8) is 0 Å². The first-order valence-electron chi connectivity index (χ1n) is 7.98. The molecule has 0 spiro atoms. The van der Waals surface area contributed by atoms with E-state index in [4.69, 9.17) is 20.8 Å². The summed E-state index contributed by atoms with van der Waals surface area (Å²) in [5, 5.41) is 0.173. The largest absolute Gasteiger partial charge is 0.439 e. The summed E-state index contributed by atoms with van der Waals surface area (Å²) < 4.78 is 37.0. The van der Waals surface area contributed by atoms with Gasteiger partial charge in [-0.2, -0.15) is 0 Å². The summed E-state index contributed by atoms with van der Waals surface area (Å²) in [6, 6.07) is 3.27. The molecule has 7 heteroatoms. The topological polar surface area (TPSA) is 69.4 Å². The molecular formula is C17H22ClNO4S. The Morgan fingerprint density at radius 1 is 1.21 bits per heavy atom. The first-order chi connectivity index (χ1) is 11.1. The van der Waals surface area contributed by atoms with Crippen LogP contribution in [0.25, 0.3) is 11.1 Å². The number of rotatable bonds is 2. The highest BCUT2D eigenvalue weighted by Crippen LogP contribution is 2.41. The molecule has 0 radical (unpaired) electrons. The van der Waals surface area contributed by atoms with Crippen LogP contribution in [0.15, 0.2) is 21.4 Å². The van der Waals surface area contributed by atoms with Gasteiger partial charge in [0.1, 0.15) is 10.4 Å². The Morgan fingerprint density at radius 2 is 1.83 bits per heavy atom. The molecule has 132 valence electrons. The number of hydrogen-bond acceptors (Lipinski definition) is 5. The number of sulfone groups is 1. The van der Waals surface area contributed by atoms with Crippen molar-refractivity contribution in [2.24, 2.45) is 0 Å². The Morgan fingerprint density at radius 3 is 2.42 bits per heavy atom. The molecule has 0 N–H and O–H groups in total. The van der Waals surface area contributed by atoms with Gasteiger partial charge in [-0.15, -0.1) is 0 Å². The van der Waals surface area contributed by atoms with Crippen LogP contribution in [0, 0.1) is 0 Å². The highest BCUT2D eigenvalue weighted by molar-refractivity contribution is 7.93. The number of ether oxygens (including phenoxy) is 1. The normalized spacial score (nSPS) is 18.9. The van der Waals surface area contributed by atoms with E-state index in [2.05, 4.69) is 4.98 Å². The zero-order valence-corrected chi connectivity index (χ0v) is 15.9. The monoisotopic (exact) mass is 371 g/mol. The summed E-state index contributed by atoms with van der Waals surface area (Å²) in [6.45, 7) is 8.49. The number of nitrogens with zero attached hydrogens (tertiary/aromatic N) is 1. The van der Waals surface area contributed by atoms with E-state index in [0.29, 0.717) is 37.5 Å². The minimum atomic E-state index is -3.70. The maximum Gasteiger partial charge on any atom is 0.200 e. The quantitative estimate of drug-likeness (QED) is 0.794. The van der Waals surface area contributed by atoms with Crippen molar-refractivity contribution in [3.8, 4) is 0 Å². The van der Waals surface area contributed by atoms with Gasteiger partial charge in [0.15, 0.2) is 15.4 Å². The molecule has 1 saturated heterocycles. The summed E-state index contributed by atoms with van der Waals surface area (Å²) in [5.74, 6) is 0.494. The molecule has 24 heavy (non-hydrogen) atoms. The summed E-state index contributed by atoms with van der Waals surface area (Å²) in [5.41, 5.74) is 0.438. The molecule has 5 nitrogen and oxygen atoms in total. The SMILES string of the molecule is CC(C)(C)c1nc2ccc(Cl)c(S(=O)(=O)C3(C)CCOCC3)c2o1. The van der Waals surface area contributed by atoms with Crippen molar-refractivity contribution in [2.45, 2.75) is 55.6 Å². The Balaban J connectivity index is 2.25. The molecule has 0 saturated carbocycles. The van der Waals surface area contributed by atoms with Crippen molar-refractivity contribution in [1.29, 1.82) is 0 Å². The van der Waals surface area contributed by atoms with Crippen molar-refractivity contribution >= 4 is 32.5 Å². The maximum atomic E-state index is 13.4. The Labute approximate surface area is 147 Å². The zero-order valence-electron chi connectivity index (χ0n) is 14.3. The van der Waals surface area contributed by atoms with Gasteiger partial charge in [-0.05, 0) is 31.9 Å². The third kappa shape index (κ3) is 2.74. The predicted octanol–water partition coefficient (Wildman–Crippen LogP) is 4.12. The second kappa shape index (κ2) is 5.71. The van der Waals surface area contributed by atoms with Crippen LogP contribution in [0.5, 0.6) is 0 Å². The number of oxazole rings is 1. The van der Waals surface area contributed by atoms with E-state index in [0.717, 1.165) is 0 Å². The van der Waals surface area contributed by atoms with Crippen molar-refractivity contribution in [1.82, 2.24) is 4.98 Å². The van der Waals surface area contributed by atoms with Crippen molar-refractivity contribution < 1.29 is 17.6 Å². The highest BCUT2D eigenvalue weighted by atomic mass is 35.5. The lowest BCUT2D eigenvalue weighted by atomic mass is 9.97. The molecule has 1 aromatic heterocycles. The molecule has 0 unspecified atom stereocenters. The van der Waals surface area contributed by atoms with Crippen LogP contribution < -0.4 is 0 Å². The van der Waals surface area contributed by atoms with Crippen LogP contribution in [-0.2, 0) is 20.0 Å². The smallest absolute Gasteiger partial charge is 0.200 e. The van der Waals surface area contributed by atoms with E-state index >= 15 is 0 Å².